The standard InChI is InChI=1S/C13H15NO4/c15-12(16)9-10-5-4-8-14(10)13(17)18-11-6-2-1-3-7-11/h1-3,6-7,10H,4-5,8-9H2,(H,15,16). The molecule has 0 radical (unpaired) electrons. The number of benzene rings is 1. The van der Waals surface area contributed by atoms with Crippen LogP contribution in [0.4, 0.5) is 4.79 Å². The molecule has 1 atom stereocenters. The summed E-state index contributed by atoms with van der Waals surface area (Å²) in [4.78, 5) is 24.1. The predicted molar refractivity (Wildman–Crippen MR) is 64.4 cm³/mol. The van der Waals surface area contributed by atoms with Gasteiger partial charge in [0.25, 0.3) is 0 Å². The zero-order valence-corrected chi connectivity index (χ0v) is 9.91. The Bertz CT molecular complexity index is 432. The second-order valence-corrected chi connectivity index (χ2v) is 4.27. The minimum atomic E-state index is -0.889. The summed E-state index contributed by atoms with van der Waals surface area (Å²) in [5.41, 5.74) is 0. The van der Waals surface area contributed by atoms with Gasteiger partial charge in [-0.3, -0.25) is 4.79 Å². The Balaban J connectivity index is 1.98. The van der Waals surface area contributed by atoms with Crippen LogP contribution < -0.4 is 4.74 Å². The number of aliphatic carboxylic acids is 1. The summed E-state index contributed by atoms with van der Waals surface area (Å²) < 4.78 is 5.20. The molecule has 1 fully saturated rings. The summed E-state index contributed by atoms with van der Waals surface area (Å²) in [7, 11) is 0. The second kappa shape index (κ2) is 5.53. The summed E-state index contributed by atoms with van der Waals surface area (Å²) in [6.45, 7) is 0.559. The van der Waals surface area contributed by atoms with Crippen LogP contribution in [0.2, 0.25) is 0 Å². The lowest BCUT2D eigenvalue weighted by Crippen LogP contribution is -2.38. The molecule has 5 nitrogen and oxygen atoms in total. The van der Waals surface area contributed by atoms with Crippen molar-refractivity contribution in [2.75, 3.05) is 6.54 Å². The van der Waals surface area contributed by atoms with Gasteiger partial charge in [0.2, 0.25) is 0 Å². The summed E-state index contributed by atoms with van der Waals surface area (Å²) >= 11 is 0. The fourth-order valence-electron chi connectivity index (χ4n) is 2.14. The molecule has 1 heterocycles. The zero-order valence-electron chi connectivity index (χ0n) is 9.91. The van der Waals surface area contributed by atoms with Gasteiger partial charge in [-0.1, -0.05) is 18.2 Å². The largest absolute Gasteiger partial charge is 0.481 e. The van der Waals surface area contributed by atoms with E-state index in [2.05, 4.69) is 0 Å². The molecule has 1 aromatic rings. The lowest BCUT2D eigenvalue weighted by molar-refractivity contribution is -0.138. The topological polar surface area (TPSA) is 66.8 Å². The molecular weight excluding hydrogens is 234 g/mol. The molecule has 1 aliphatic rings. The molecule has 0 spiro atoms. The van der Waals surface area contributed by atoms with Crippen molar-refractivity contribution in [2.45, 2.75) is 25.3 Å². The monoisotopic (exact) mass is 249 g/mol. The van der Waals surface area contributed by atoms with Gasteiger partial charge < -0.3 is 14.7 Å². The van der Waals surface area contributed by atoms with E-state index < -0.39 is 12.1 Å². The minimum Gasteiger partial charge on any atom is -0.481 e. The van der Waals surface area contributed by atoms with Gasteiger partial charge in [-0.25, -0.2) is 4.79 Å². The number of carboxylic acids is 1. The van der Waals surface area contributed by atoms with Crippen LogP contribution in [0.25, 0.3) is 0 Å². The number of carbonyl (C=O) groups excluding carboxylic acids is 1. The Morgan fingerprint density at radius 2 is 2.06 bits per heavy atom. The van der Waals surface area contributed by atoms with Crippen molar-refractivity contribution in [1.82, 2.24) is 4.90 Å². The maximum atomic E-state index is 11.9. The van der Waals surface area contributed by atoms with Crippen LogP contribution >= 0.6 is 0 Å². The number of amides is 1. The number of carbonyl (C=O) groups is 2. The molecule has 1 amide bonds. The smallest absolute Gasteiger partial charge is 0.415 e. The number of hydrogen-bond acceptors (Lipinski definition) is 3. The third-order valence-electron chi connectivity index (χ3n) is 2.97. The predicted octanol–water partition coefficient (Wildman–Crippen LogP) is 2.12. The molecule has 0 saturated carbocycles. The van der Waals surface area contributed by atoms with Crippen molar-refractivity contribution >= 4 is 12.1 Å². The van der Waals surface area contributed by atoms with Gasteiger partial charge in [0.05, 0.1) is 6.42 Å². The highest BCUT2D eigenvalue weighted by Crippen LogP contribution is 2.22. The highest BCUT2D eigenvalue weighted by Gasteiger charge is 2.31. The number of carboxylic acid groups (broad SMARTS) is 1. The average molecular weight is 249 g/mol. The molecule has 18 heavy (non-hydrogen) atoms. The van der Waals surface area contributed by atoms with Crippen molar-refractivity contribution < 1.29 is 19.4 Å². The number of para-hydroxylation sites is 1. The molecule has 1 aliphatic heterocycles. The summed E-state index contributed by atoms with van der Waals surface area (Å²) in [5, 5.41) is 8.78. The minimum absolute atomic E-state index is 0.0239. The fourth-order valence-corrected chi connectivity index (χ4v) is 2.14. The van der Waals surface area contributed by atoms with Gasteiger partial charge in [0, 0.05) is 12.6 Å². The average Bonchev–Trinajstić information content (AvgIpc) is 2.77. The molecule has 1 N–H and O–H groups in total. The first-order valence-corrected chi connectivity index (χ1v) is 5.92. The lowest BCUT2D eigenvalue weighted by atomic mass is 10.1. The maximum absolute atomic E-state index is 11.9. The van der Waals surface area contributed by atoms with Crippen molar-refractivity contribution in [3.05, 3.63) is 30.3 Å². The normalized spacial score (nSPS) is 18.7. The third-order valence-corrected chi connectivity index (χ3v) is 2.97. The summed E-state index contributed by atoms with van der Waals surface area (Å²) in [6, 6.07) is 8.53. The van der Waals surface area contributed by atoms with Crippen LogP contribution in [0.15, 0.2) is 30.3 Å². The van der Waals surface area contributed by atoms with Crippen LogP contribution in [-0.4, -0.2) is 34.7 Å². The van der Waals surface area contributed by atoms with Gasteiger partial charge >= 0.3 is 12.1 Å². The Labute approximate surface area is 105 Å². The molecule has 1 saturated heterocycles. The van der Waals surface area contributed by atoms with Crippen molar-refractivity contribution in [2.24, 2.45) is 0 Å². The van der Waals surface area contributed by atoms with E-state index >= 15 is 0 Å². The van der Waals surface area contributed by atoms with E-state index in [1.165, 1.54) is 4.90 Å². The highest BCUT2D eigenvalue weighted by atomic mass is 16.6. The van der Waals surface area contributed by atoms with E-state index in [0.717, 1.165) is 12.8 Å². The maximum Gasteiger partial charge on any atom is 0.415 e. The van der Waals surface area contributed by atoms with Crippen LogP contribution in [0.5, 0.6) is 5.75 Å². The molecule has 5 heteroatoms. The first-order chi connectivity index (χ1) is 8.66. The SMILES string of the molecule is O=C(O)CC1CCCN1C(=O)Oc1ccccc1. The molecule has 96 valence electrons. The zero-order chi connectivity index (χ0) is 13.0. The third kappa shape index (κ3) is 3.00. The van der Waals surface area contributed by atoms with Crippen LogP contribution in [-0.2, 0) is 4.79 Å². The second-order valence-electron chi connectivity index (χ2n) is 4.27. The number of likely N-dealkylation sites (tertiary alicyclic amines) is 1. The summed E-state index contributed by atoms with van der Waals surface area (Å²) in [6.07, 6.45) is 1.05. The van der Waals surface area contributed by atoms with Gasteiger partial charge in [-0.2, -0.15) is 0 Å². The number of nitrogens with zero attached hydrogens (tertiary/aromatic N) is 1. The van der Waals surface area contributed by atoms with Crippen molar-refractivity contribution in [3.8, 4) is 5.75 Å². The summed E-state index contributed by atoms with van der Waals surface area (Å²) in [5.74, 6) is -0.414. The van der Waals surface area contributed by atoms with Gasteiger partial charge in [-0.05, 0) is 25.0 Å². The number of rotatable bonds is 3. The van der Waals surface area contributed by atoms with Gasteiger partial charge in [0.15, 0.2) is 0 Å². The van der Waals surface area contributed by atoms with E-state index in [1.54, 1.807) is 24.3 Å². The van der Waals surface area contributed by atoms with Crippen LogP contribution in [0.3, 0.4) is 0 Å². The number of hydrogen-bond donors (Lipinski definition) is 1. The highest BCUT2D eigenvalue weighted by molar-refractivity contribution is 5.73. The van der Waals surface area contributed by atoms with E-state index in [0.29, 0.717) is 12.3 Å². The molecule has 0 aliphatic carbocycles. The molecular formula is C13H15NO4. The Morgan fingerprint density at radius 3 is 2.72 bits per heavy atom. The number of ether oxygens (including phenoxy) is 1. The van der Waals surface area contributed by atoms with E-state index in [1.807, 2.05) is 6.07 Å². The Kier molecular flexibility index (Phi) is 3.82. The Morgan fingerprint density at radius 1 is 1.33 bits per heavy atom. The first kappa shape index (κ1) is 12.4. The van der Waals surface area contributed by atoms with E-state index in [4.69, 9.17) is 9.84 Å². The van der Waals surface area contributed by atoms with Crippen LogP contribution in [0, 0.1) is 0 Å². The first-order valence-electron chi connectivity index (χ1n) is 5.92. The van der Waals surface area contributed by atoms with Crippen molar-refractivity contribution in [3.63, 3.8) is 0 Å². The van der Waals surface area contributed by atoms with E-state index in [-0.39, 0.29) is 12.5 Å². The molecule has 2 rings (SSSR count). The van der Waals surface area contributed by atoms with E-state index in [9.17, 15) is 9.59 Å². The molecule has 0 aromatic heterocycles. The Hall–Kier alpha value is -2.04. The van der Waals surface area contributed by atoms with Gasteiger partial charge in [-0.15, -0.1) is 0 Å². The van der Waals surface area contributed by atoms with Crippen molar-refractivity contribution in [1.29, 1.82) is 0 Å². The lowest BCUT2D eigenvalue weighted by Gasteiger charge is -2.22. The molecule has 1 unspecified atom stereocenters. The quantitative estimate of drug-likeness (QED) is 0.891. The van der Waals surface area contributed by atoms with Gasteiger partial charge in [0.1, 0.15) is 5.75 Å². The molecule has 0 bridgehead atoms. The molecule has 1 aromatic carbocycles. The van der Waals surface area contributed by atoms with Crippen LogP contribution in [0.1, 0.15) is 19.3 Å². The fraction of sp³-hybridized carbons (Fsp3) is 0.385.